The van der Waals surface area contributed by atoms with Gasteiger partial charge in [-0.1, -0.05) is 61.6 Å². The van der Waals surface area contributed by atoms with Crippen molar-refractivity contribution >= 4 is 0 Å². The number of aliphatic hydroxyl groups is 1. The van der Waals surface area contributed by atoms with Crippen LogP contribution in [-0.2, 0) is 0 Å². The first-order valence-electron chi connectivity index (χ1n) is 7.82. The first-order chi connectivity index (χ1) is 10.3. The van der Waals surface area contributed by atoms with Crippen molar-refractivity contribution in [1.29, 1.82) is 0 Å². The lowest BCUT2D eigenvalue weighted by molar-refractivity contribution is 0.420. The number of fused-ring (bicyclic) bond motifs is 1. The van der Waals surface area contributed by atoms with Crippen LogP contribution < -0.4 is 0 Å². The zero-order chi connectivity index (χ0) is 14.7. The highest BCUT2D eigenvalue weighted by Crippen LogP contribution is 2.39. The Kier molecular flexibility index (Phi) is 4.10. The Morgan fingerprint density at radius 1 is 1.14 bits per heavy atom. The molecule has 0 aromatic rings. The molecule has 0 aromatic carbocycles. The summed E-state index contributed by atoms with van der Waals surface area (Å²) < 4.78 is 0. The lowest BCUT2D eigenvalue weighted by Crippen LogP contribution is -2.18. The zero-order valence-corrected chi connectivity index (χ0v) is 12.5. The molecule has 0 saturated carbocycles. The summed E-state index contributed by atoms with van der Waals surface area (Å²) >= 11 is 0. The van der Waals surface area contributed by atoms with Crippen LogP contribution in [0.2, 0.25) is 0 Å². The maximum absolute atomic E-state index is 10.3. The van der Waals surface area contributed by atoms with Gasteiger partial charge in [0.25, 0.3) is 0 Å². The highest BCUT2D eigenvalue weighted by Gasteiger charge is 2.26. The van der Waals surface area contributed by atoms with Crippen LogP contribution in [0.5, 0.6) is 0 Å². The third-order valence-corrected chi connectivity index (χ3v) is 4.37. The lowest BCUT2D eigenvalue weighted by Gasteiger charge is -2.30. The Balaban J connectivity index is 1.88. The number of aliphatic hydroxyl groups excluding tert-OH is 1. The van der Waals surface area contributed by atoms with Gasteiger partial charge in [-0.25, -0.2) is 0 Å². The maximum Gasteiger partial charge on any atom is 0.119 e. The topological polar surface area (TPSA) is 20.2 Å². The van der Waals surface area contributed by atoms with Gasteiger partial charge in [0.15, 0.2) is 0 Å². The minimum atomic E-state index is 0.423. The summed E-state index contributed by atoms with van der Waals surface area (Å²) in [6.45, 7) is 2.11. The molecule has 0 aliphatic heterocycles. The highest BCUT2D eigenvalue weighted by atomic mass is 16.3. The van der Waals surface area contributed by atoms with Gasteiger partial charge < -0.3 is 5.11 Å². The van der Waals surface area contributed by atoms with E-state index in [0.29, 0.717) is 17.6 Å². The monoisotopic (exact) mass is 278 g/mol. The van der Waals surface area contributed by atoms with E-state index >= 15 is 0 Å². The summed E-state index contributed by atoms with van der Waals surface area (Å²) in [7, 11) is 0. The molecule has 0 aromatic heterocycles. The Morgan fingerprint density at radius 2 is 1.95 bits per heavy atom. The van der Waals surface area contributed by atoms with Gasteiger partial charge in [0, 0.05) is 11.8 Å². The van der Waals surface area contributed by atoms with E-state index in [-0.39, 0.29) is 0 Å². The quantitative estimate of drug-likeness (QED) is 0.738. The molecule has 0 bridgehead atoms. The summed E-state index contributed by atoms with van der Waals surface area (Å²) in [5.74, 6) is 1.32. The smallest absolute Gasteiger partial charge is 0.119 e. The summed E-state index contributed by atoms with van der Waals surface area (Å²) in [5.41, 5.74) is 3.69. The van der Waals surface area contributed by atoms with E-state index in [1.807, 2.05) is 6.08 Å². The normalized spacial score (nSPS) is 27.9. The van der Waals surface area contributed by atoms with Crippen molar-refractivity contribution < 1.29 is 5.11 Å². The Bertz CT molecular complexity index is 620. The number of hydrogen-bond acceptors (Lipinski definition) is 1. The van der Waals surface area contributed by atoms with Crippen LogP contribution in [0.25, 0.3) is 0 Å². The molecule has 3 rings (SSSR count). The average molecular weight is 278 g/mol. The third-order valence-electron chi connectivity index (χ3n) is 4.37. The van der Waals surface area contributed by atoms with Gasteiger partial charge in [0.2, 0.25) is 0 Å². The number of hydrogen-bond donors (Lipinski definition) is 1. The van der Waals surface area contributed by atoms with Crippen LogP contribution in [0.3, 0.4) is 0 Å². The van der Waals surface area contributed by atoms with Crippen LogP contribution in [0.4, 0.5) is 0 Å². The molecule has 0 fully saturated rings. The first kappa shape index (κ1) is 13.9. The van der Waals surface area contributed by atoms with Gasteiger partial charge in [0.1, 0.15) is 5.76 Å². The van der Waals surface area contributed by atoms with Crippen molar-refractivity contribution in [3.05, 3.63) is 83.2 Å². The van der Waals surface area contributed by atoms with Crippen molar-refractivity contribution in [2.24, 2.45) is 11.8 Å². The van der Waals surface area contributed by atoms with Gasteiger partial charge in [-0.15, -0.1) is 0 Å². The molecule has 2 atom stereocenters. The fraction of sp³-hybridized carbons (Fsp3) is 0.300. The van der Waals surface area contributed by atoms with Gasteiger partial charge in [-0.05, 0) is 42.1 Å². The number of allylic oxidation sites excluding steroid dienone is 13. The largest absolute Gasteiger partial charge is 0.508 e. The van der Waals surface area contributed by atoms with Crippen molar-refractivity contribution in [1.82, 2.24) is 0 Å². The van der Waals surface area contributed by atoms with Crippen molar-refractivity contribution in [3.8, 4) is 0 Å². The summed E-state index contributed by atoms with van der Waals surface area (Å²) in [5, 5.41) is 10.3. The van der Waals surface area contributed by atoms with Crippen LogP contribution in [-0.4, -0.2) is 5.11 Å². The Hall–Kier alpha value is -2.02. The molecule has 0 radical (unpaired) electrons. The molecule has 108 valence electrons. The second-order valence-corrected chi connectivity index (χ2v) is 5.77. The molecular weight excluding hydrogens is 256 g/mol. The predicted octanol–water partition coefficient (Wildman–Crippen LogP) is 5.34. The van der Waals surface area contributed by atoms with E-state index in [2.05, 4.69) is 61.6 Å². The second-order valence-electron chi connectivity index (χ2n) is 5.77. The fourth-order valence-electron chi connectivity index (χ4n) is 3.22. The van der Waals surface area contributed by atoms with Crippen molar-refractivity contribution in [2.75, 3.05) is 0 Å². The Labute approximate surface area is 127 Å². The fourth-order valence-corrected chi connectivity index (χ4v) is 3.22. The summed E-state index contributed by atoms with van der Waals surface area (Å²) in [4.78, 5) is 0. The predicted molar refractivity (Wildman–Crippen MR) is 88.9 cm³/mol. The standard InChI is InChI=1S/C20H22O/c1-2-3-7-16-12-13-17(14-20(16)21)19-11-6-9-15-8-4-5-10-18(15)19/h3-11,14-15,18,21H,2,12-13H2,1H3/b7-3+. The highest BCUT2D eigenvalue weighted by molar-refractivity contribution is 5.49. The lowest BCUT2D eigenvalue weighted by atomic mass is 9.75. The first-order valence-corrected chi connectivity index (χ1v) is 7.82. The van der Waals surface area contributed by atoms with E-state index in [4.69, 9.17) is 0 Å². The Morgan fingerprint density at radius 3 is 2.76 bits per heavy atom. The van der Waals surface area contributed by atoms with Crippen LogP contribution in [0.1, 0.15) is 26.2 Å². The van der Waals surface area contributed by atoms with Gasteiger partial charge >= 0.3 is 0 Å². The maximum atomic E-state index is 10.3. The number of rotatable bonds is 3. The third kappa shape index (κ3) is 2.87. The molecule has 3 aliphatic rings. The molecule has 0 heterocycles. The molecule has 0 spiro atoms. The van der Waals surface area contributed by atoms with Gasteiger partial charge in [-0.3, -0.25) is 0 Å². The van der Waals surface area contributed by atoms with E-state index in [1.54, 1.807) is 0 Å². The molecule has 1 N–H and O–H groups in total. The molecule has 0 saturated heterocycles. The summed E-state index contributed by atoms with van der Waals surface area (Å²) in [6, 6.07) is 0. The molecule has 2 unspecified atom stereocenters. The molecule has 3 aliphatic carbocycles. The van der Waals surface area contributed by atoms with Crippen LogP contribution >= 0.6 is 0 Å². The minimum absolute atomic E-state index is 0.423. The molecule has 21 heavy (non-hydrogen) atoms. The van der Waals surface area contributed by atoms with Crippen LogP contribution in [0, 0.1) is 11.8 Å². The van der Waals surface area contributed by atoms with E-state index in [1.165, 1.54) is 11.1 Å². The molecular formula is C20H22O. The van der Waals surface area contributed by atoms with E-state index < -0.39 is 0 Å². The van der Waals surface area contributed by atoms with Gasteiger partial charge in [0.05, 0.1) is 0 Å². The van der Waals surface area contributed by atoms with Gasteiger partial charge in [-0.2, -0.15) is 0 Å². The van der Waals surface area contributed by atoms with Crippen molar-refractivity contribution in [2.45, 2.75) is 26.2 Å². The second kappa shape index (κ2) is 6.17. The summed E-state index contributed by atoms with van der Waals surface area (Å²) in [6.07, 6.45) is 24.4. The molecule has 1 nitrogen and oxygen atoms in total. The van der Waals surface area contributed by atoms with Crippen molar-refractivity contribution in [3.63, 3.8) is 0 Å². The zero-order valence-electron chi connectivity index (χ0n) is 12.5. The molecule has 0 amide bonds. The molecule has 1 heteroatoms. The van der Waals surface area contributed by atoms with E-state index in [9.17, 15) is 5.11 Å². The van der Waals surface area contributed by atoms with Crippen LogP contribution in [0.15, 0.2) is 83.2 Å². The SMILES string of the molecule is CC/C=C/C1=C(O)C=C(C2=CC=CC3C=CC=CC23)CC1. The van der Waals surface area contributed by atoms with E-state index in [0.717, 1.165) is 24.8 Å². The minimum Gasteiger partial charge on any atom is -0.508 e. The average Bonchev–Trinajstić information content (AvgIpc) is 2.53.